The highest BCUT2D eigenvalue weighted by atomic mass is 32.1. The van der Waals surface area contributed by atoms with E-state index in [1.54, 1.807) is 10.9 Å². The number of benzene rings is 2. The highest BCUT2D eigenvalue weighted by molar-refractivity contribution is 7.71. The van der Waals surface area contributed by atoms with E-state index in [-0.39, 0.29) is 0 Å². The summed E-state index contributed by atoms with van der Waals surface area (Å²) in [6.07, 6.45) is 3.86. The number of nitrogens with zero attached hydrogens (tertiary/aromatic N) is 4. The van der Waals surface area contributed by atoms with Crippen LogP contribution in [0.25, 0.3) is 17.5 Å². The lowest BCUT2D eigenvalue weighted by molar-refractivity contribution is 0.871. The Hall–Kier alpha value is -2.99. The van der Waals surface area contributed by atoms with Crippen LogP contribution in [0.15, 0.2) is 65.3 Å². The van der Waals surface area contributed by atoms with E-state index < -0.39 is 0 Å². The molecule has 6 heteroatoms. The molecule has 0 radical (unpaired) electrons. The standard InChI is InChI=1S/C20H21N5S/c1-15(13-16-7-5-4-6-8-16)14-21-25-19(22-23-20(25)26)17-9-11-18(12-10-17)24(2)3/h4-14H,1-3H3,(H,23,26)/b15-13+,21-14-. The van der Waals surface area contributed by atoms with Gasteiger partial charge in [0, 0.05) is 25.3 Å². The van der Waals surface area contributed by atoms with Gasteiger partial charge in [-0.2, -0.15) is 14.9 Å². The topological polar surface area (TPSA) is 49.2 Å². The maximum Gasteiger partial charge on any atom is 0.216 e. The molecular weight excluding hydrogens is 342 g/mol. The second kappa shape index (κ2) is 7.93. The Morgan fingerprint density at radius 1 is 1.12 bits per heavy atom. The summed E-state index contributed by atoms with van der Waals surface area (Å²) in [5.41, 5.74) is 4.23. The van der Waals surface area contributed by atoms with Gasteiger partial charge in [-0.3, -0.25) is 0 Å². The Balaban J connectivity index is 1.88. The summed E-state index contributed by atoms with van der Waals surface area (Å²) in [5, 5.41) is 11.7. The average Bonchev–Trinajstić information content (AvgIpc) is 3.01. The van der Waals surface area contributed by atoms with E-state index in [9.17, 15) is 0 Å². The van der Waals surface area contributed by atoms with E-state index in [1.165, 1.54) is 0 Å². The molecule has 5 nitrogen and oxygen atoms in total. The van der Waals surface area contributed by atoms with Crippen molar-refractivity contribution in [3.8, 4) is 11.4 Å². The average molecular weight is 363 g/mol. The number of aromatic amines is 1. The first kappa shape index (κ1) is 17.8. The van der Waals surface area contributed by atoms with Gasteiger partial charge in [-0.1, -0.05) is 36.4 Å². The zero-order valence-corrected chi connectivity index (χ0v) is 15.9. The van der Waals surface area contributed by atoms with Crippen molar-refractivity contribution in [1.82, 2.24) is 14.9 Å². The first-order chi connectivity index (χ1) is 12.5. The van der Waals surface area contributed by atoms with Gasteiger partial charge in [0.05, 0.1) is 6.21 Å². The van der Waals surface area contributed by atoms with Crippen LogP contribution in [-0.4, -0.2) is 35.2 Å². The molecule has 0 aliphatic rings. The Bertz CT molecular complexity index is 979. The zero-order chi connectivity index (χ0) is 18.5. The van der Waals surface area contributed by atoms with Crippen molar-refractivity contribution in [3.63, 3.8) is 0 Å². The van der Waals surface area contributed by atoms with Crippen LogP contribution in [0.2, 0.25) is 0 Å². The number of aromatic nitrogens is 3. The van der Waals surface area contributed by atoms with E-state index in [0.29, 0.717) is 10.6 Å². The molecular formula is C20H21N5S. The predicted octanol–water partition coefficient (Wildman–Crippen LogP) is 4.61. The minimum absolute atomic E-state index is 0.459. The molecule has 0 fully saturated rings. The quantitative estimate of drug-likeness (QED) is 0.532. The van der Waals surface area contributed by atoms with Gasteiger partial charge >= 0.3 is 0 Å². The van der Waals surface area contributed by atoms with E-state index in [2.05, 4.69) is 38.4 Å². The Kier molecular flexibility index (Phi) is 5.43. The summed E-state index contributed by atoms with van der Waals surface area (Å²) < 4.78 is 2.10. The predicted molar refractivity (Wildman–Crippen MR) is 111 cm³/mol. The fraction of sp³-hybridized carbons (Fsp3) is 0.150. The molecule has 0 aliphatic heterocycles. The third kappa shape index (κ3) is 4.15. The second-order valence-electron chi connectivity index (χ2n) is 6.15. The molecule has 2 aromatic carbocycles. The van der Waals surface area contributed by atoms with Crippen molar-refractivity contribution < 1.29 is 0 Å². The summed E-state index contributed by atoms with van der Waals surface area (Å²) in [6, 6.07) is 18.2. The minimum atomic E-state index is 0.459. The van der Waals surface area contributed by atoms with Crippen LogP contribution in [0.3, 0.4) is 0 Å². The molecule has 0 spiro atoms. The summed E-state index contributed by atoms with van der Waals surface area (Å²) in [5.74, 6) is 0.684. The fourth-order valence-corrected chi connectivity index (χ4v) is 2.67. The lowest BCUT2D eigenvalue weighted by Crippen LogP contribution is -2.08. The van der Waals surface area contributed by atoms with Gasteiger partial charge in [-0.15, -0.1) is 0 Å². The van der Waals surface area contributed by atoms with Crippen LogP contribution in [0.1, 0.15) is 12.5 Å². The van der Waals surface area contributed by atoms with Crippen molar-refractivity contribution in [2.75, 3.05) is 19.0 Å². The third-order valence-electron chi connectivity index (χ3n) is 3.86. The van der Waals surface area contributed by atoms with Crippen molar-refractivity contribution >= 4 is 30.2 Å². The molecule has 132 valence electrons. The van der Waals surface area contributed by atoms with Crippen LogP contribution >= 0.6 is 12.2 Å². The molecule has 3 rings (SSSR count). The highest BCUT2D eigenvalue weighted by Crippen LogP contribution is 2.21. The van der Waals surface area contributed by atoms with Crippen LogP contribution in [0, 0.1) is 4.77 Å². The molecule has 1 N–H and O–H groups in total. The van der Waals surface area contributed by atoms with Gasteiger partial charge in [0.15, 0.2) is 5.82 Å². The van der Waals surface area contributed by atoms with Crippen LogP contribution in [0.4, 0.5) is 5.69 Å². The Morgan fingerprint density at radius 2 is 1.81 bits per heavy atom. The largest absolute Gasteiger partial charge is 0.378 e. The molecule has 0 aliphatic carbocycles. The summed E-state index contributed by atoms with van der Waals surface area (Å²) >= 11 is 5.33. The number of hydrogen-bond donors (Lipinski definition) is 1. The molecule has 1 heterocycles. The van der Waals surface area contributed by atoms with Gasteiger partial charge < -0.3 is 4.90 Å². The van der Waals surface area contributed by atoms with Crippen molar-refractivity contribution in [1.29, 1.82) is 0 Å². The summed E-state index contributed by atoms with van der Waals surface area (Å²) in [7, 11) is 4.02. The normalized spacial score (nSPS) is 11.9. The summed E-state index contributed by atoms with van der Waals surface area (Å²) in [4.78, 5) is 2.05. The van der Waals surface area contributed by atoms with E-state index >= 15 is 0 Å². The molecule has 0 atom stereocenters. The molecule has 0 saturated carbocycles. The first-order valence-corrected chi connectivity index (χ1v) is 8.68. The number of H-pyrrole nitrogens is 1. The number of anilines is 1. The van der Waals surface area contributed by atoms with Gasteiger partial charge in [-0.25, -0.2) is 5.10 Å². The van der Waals surface area contributed by atoms with Crippen molar-refractivity contribution in [2.24, 2.45) is 5.10 Å². The lowest BCUT2D eigenvalue weighted by Gasteiger charge is -2.12. The molecule has 26 heavy (non-hydrogen) atoms. The van der Waals surface area contributed by atoms with Gasteiger partial charge in [0.2, 0.25) is 4.77 Å². The molecule has 3 aromatic rings. The third-order valence-corrected chi connectivity index (χ3v) is 4.13. The Morgan fingerprint density at radius 3 is 2.46 bits per heavy atom. The SMILES string of the molecule is CC(/C=N\n1c(-c2ccc(N(C)C)cc2)n[nH]c1=S)=C\c1ccccc1. The minimum Gasteiger partial charge on any atom is -0.378 e. The number of hydrogen-bond acceptors (Lipinski definition) is 4. The smallest absolute Gasteiger partial charge is 0.216 e. The van der Waals surface area contributed by atoms with Gasteiger partial charge in [0.25, 0.3) is 0 Å². The molecule has 1 aromatic heterocycles. The fourth-order valence-electron chi connectivity index (χ4n) is 2.49. The number of nitrogens with one attached hydrogen (secondary N) is 1. The van der Waals surface area contributed by atoms with Crippen molar-refractivity contribution in [3.05, 3.63) is 70.5 Å². The molecule has 0 amide bonds. The second-order valence-corrected chi connectivity index (χ2v) is 6.54. The van der Waals surface area contributed by atoms with Crippen LogP contribution < -0.4 is 4.90 Å². The number of rotatable bonds is 5. The molecule has 0 saturated heterocycles. The lowest BCUT2D eigenvalue weighted by atomic mass is 10.1. The van der Waals surface area contributed by atoms with Crippen LogP contribution in [0.5, 0.6) is 0 Å². The summed E-state index contributed by atoms with van der Waals surface area (Å²) in [6.45, 7) is 2.01. The molecule has 0 unspecified atom stereocenters. The van der Waals surface area contributed by atoms with Gasteiger partial charge in [-0.05, 0) is 54.5 Å². The van der Waals surface area contributed by atoms with E-state index in [4.69, 9.17) is 12.2 Å². The first-order valence-electron chi connectivity index (χ1n) is 8.27. The maximum atomic E-state index is 5.33. The van der Waals surface area contributed by atoms with E-state index in [1.807, 2.05) is 63.5 Å². The van der Waals surface area contributed by atoms with Gasteiger partial charge in [0.1, 0.15) is 0 Å². The van der Waals surface area contributed by atoms with Crippen LogP contribution in [-0.2, 0) is 0 Å². The maximum absolute atomic E-state index is 5.33. The number of allylic oxidation sites excluding steroid dienone is 1. The van der Waals surface area contributed by atoms with E-state index in [0.717, 1.165) is 22.4 Å². The molecule has 0 bridgehead atoms. The van der Waals surface area contributed by atoms with Crippen molar-refractivity contribution in [2.45, 2.75) is 6.92 Å². The Labute approximate surface area is 158 Å². The highest BCUT2D eigenvalue weighted by Gasteiger charge is 2.08. The zero-order valence-electron chi connectivity index (χ0n) is 15.0. The monoisotopic (exact) mass is 363 g/mol.